The Labute approximate surface area is 73.3 Å². The van der Waals surface area contributed by atoms with Crippen LogP contribution in [0.5, 0.6) is 0 Å². The minimum Gasteiger partial charge on any atom is -0.469 e. The van der Waals surface area contributed by atoms with Crippen molar-refractivity contribution in [1.82, 2.24) is 0 Å². The Hall–Kier alpha value is -0.530. The van der Waals surface area contributed by atoms with Crippen molar-refractivity contribution in [3.63, 3.8) is 0 Å². The zero-order valence-electron chi connectivity index (χ0n) is 7.58. The van der Waals surface area contributed by atoms with Gasteiger partial charge in [-0.05, 0) is 30.6 Å². The van der Waals surface area contributed by atoms with Crippen LogP contribution in [0.1, 0.15) is 32.1 Å². The van der Waals surface area contributed by atoms with Crippen molar-refractivity contribution in [2.45, 2.75) is 32.1 Å². The van der Waals surface area contributed by atoms with E-state index < -0.39 is 0 Å². The molecule has 0 N–H and O–H groups in total. The molecular formula is C10H16O2. The van der Waals surface area contributed by atoms with E-state index in [0.717, 1.165) is 11.8 Å². The Bertz CT molecular complexity index is 188. The minimum atomic E-state index is -0.0208. The predicted octanol–water partition coefficient (Wildman–Crippen LogP) is 1.99. The molecule has 2 nitrogen and oxygen atoms in total. The predicted molar refractivity (Wildman–Crippen MR) is 45.6 cm³/mol. The maximum atomic E-state index is 11.0. The summed E-state index contributed by atoms with van der Waals surface area (Å²) < 4.78 is 4.68. The van der Waals surface area contributed by atoms with E-state index in [9.17, 15) is 4.79 Å². The molecule has 2 aliphatic rings. The third kappa shape index (κ3) is 1.47. The number of fused-ring (bicyclic) bond motifs is 1. The van der Waals surface area contributed by atoms with Crippen LogP contribution in [0, 0.1) is 17.8 Å². The maximum absolute atomic E-state index is 11.0. The SMILES string of the molecule is COC(=O)C[C@@H]1CCC[C@@H]2C[C@@H]21. The standard InChI is InChI=1S/C10H16O2/c1-12-10(11)6-8-4-2-3-7-5-9(7)8/h7-9H,2-6H2,1H3/t7-,8+,9+/m1/s1. The summed E-state index contributed by atoms with van der Waals surface area (Å²) in [5.41, 5.74) is 0. The molecule has 2 fully saturated rings. The third-order valence-corrected chi connectivity index (χ3v) is 3.39. The number of esters is 1. The summed E-state index contributed by atoms with van der Waals surface area (Å²) in [5, 5.41) is 0. The van der Waals surface area contributed by atoms with E-state index in [2.05, 4.69) is 4.74 Å². The molecule has 0 saturated heterocycles. The quantitative estimate of drug-likeness (QED) is 0.589. The highest BCUT2D eigenvalue weighted by Gasteiger charge is 2.45. The first-order chi connectivity index (χ1) is 5.81. The number of rotatable bonds is 2. The molecule has 0 aromatic rings. The molecule has 0 heterocycles. The molecule has 0 unspecified atom stereocenters. The lowest BCUT2D eigenvalue weighted by atomic mass is 9.87. The Kier molecular flexibility index (Phi) is 2.07. The van der Waals surface area contributed by atoms with Crippen molar-refractivity contribution in [2.75, 3.05) is 7.11 Å². The van der Waals surface area contributed by atoms with Crippen LogP contribution in [0.15, 0.2) is 0 Å². The second kappa shape index (κ2) is 3.08. The Morgan fingerprint density at radius 1 is 1.50 bits per heavy atom. The van der Waals surface area contributed by atoms with Crippen LogP contribution in [0.3, 0.4) is 0 Å². The van der Waals surface area contributed by atoms with Gasteiger partial charge in [0.15, 0.2) is 0 Å². The lowest BCUT2D eigenvalue weighted by molar-refractivity contribution is -0.142. The van der Waals surface area contributed by atoms with Crippen LogP contribution >= 0.6 is 0 Å². The molecule has 2 saturated carbocycles. The van der Waals surface area contributed by atoms with Crippen molar-refractivity contribution >= 4 is 5.97 Å². The molecule has 0 radical (unpaired) electrons. The molecule has 0 spiro atoms. The highest BCUT2D eigenvalue weighted by molar-refractivity contribution is 5.69. The zero-order chi connectivity index (χ0) is 8.55. The number of carbonyl (C=O) groups excluding carboxylic acids is 1. The van der Waals surface area contributed by atoms with Crippen LogP contribution in [-0.4, -0.2) is 13.1 Å². The number of hydrogen-bond donors (Lipinski definition) is 0. The van der Waals surface area contributed by atoms with Crippen molar-refractivity contribution in [3.05, 3.63) is 0 Å². The first-order valence-corrected chi connectivity index (χ1v) is 4.88. The third-order valence-electron chi connectivity index (χ3n) is 3.39. The van der Waals surface area contributed by atoms with Gasteiger partial charge in [0.1, 0.15) is 0 Å². The summed E-state index contributed by atoms with van der Waals surface area (Å²) in [7, 11) is 1.48. The topological polar surface area (TPSA) is 26.3 Å². The van der Waals surface area contributed by atoms with Gasteiger partial charge >= 0.3 is 5.97 Å². The molecule has 2 heteroatoms. The highest BCUT2D eigenvalue weighted by Crippen LogP contribution is 2.53. The van der Waals surface area contributed by atoms with Crippen LogP contribution in [-0.2, 0) is 9.53 Å². The molecule has 2 rings (SSSR count). The molecular weight excluding hydrogens is 152 g/mol. The first kappa shape index (κ1) is 8.09. The van der Waals surface area contributed by atoms with E-state index >= 15 is 0 Å². The van der Waals surface area contributed by atoms with Gasteiger partial charge in [-0.3, -0.25) is 4.79 Å². The van der Waals surface area contributed by atoms with Gasteiger partial charge in [-0.2, -0.15) is 0 Å². The fourth-order valence-corrected chi connectivity index (χ4v) is 2.59. The Morgan fingerprint density at radius 2 is 2.33 bits per heavy atom. The zero-order valence-corrected chi connectivity index (χ0v) is 7.58. The average Bonchev–Trinajstić information content (AvgIpc) is 2.84. The van der Waals surface area contributed by atoms with Crippen LogP contribution in [0.25, 0.3) is 0 Å². The fraction of sp³-hybridized carbons (Fsp3) is 0.900. The van der Waals surface area contributed by atoms with Crippen LogP contribution in [0.2, 0.25) is 0 Å². The smallest absolute Gasteiger partial charge is 0.305 e. The summed E-state index contributed by atoms with van der Waals surface area (Å²) in [5.74, 6) is 2.47. The van der Waals surface area contributed by atoms with E-state index in [1.165, 1.54) is 32.8 Å². The monoisotopic (exact) mass is 168 g/mol. The van der Waals surface area contributed by atoms with Crippen molar-refractivity contribution < 1.29 is 9.53 Å². The maximum Gasteiger partial charge on any atom is 0.305 e. The van der Waals surface area contributed by atoms with Gasteiger partial charge in [0.2, 0.25) is 0 Å². The van der Waals surface area contributed by atoms with Gasteiger partial charge in [-0.15, -0.1) is 0 Å². The number of methoxy groups -OCH3 is 1. The van der Waals surface area contributed by atoms with Crippen molar-refractivity contribution in [2.24, 2.45) is 17.8 Å². The van der Waals surface area contributed by atoms with Gasteiger partial charge in [0.25, 0.3) is 0 Å². The molecule has 2 aliphatic carbocycles. The number of hydrogen-bond acceptors (Lipinski definition) is 2. The molecule has 12 heavy (non-hydrogen) atoms. The van der Waals surface area contributed by atoms with Crippen LogP contribution in [0.4, 0.5) is 0 Å². The first-order valence-electron chi connectivity index (χ1n) is 4.88. The van der Waals surface area contributed by atoms with Gasteiger partial charge in [0, 0.05) is 6.42 Å². The van der Waals surface area contributed by atoms with Crippen molar-refractivity contribution in [3.8, 4) is 0 Å². The number of ether oxygens (including phenoxy) is 1. The fourth-order valence-electron chi connectivity index (χ4n) is 2.59. The molecule has 0 aromatic heterocycles. The van der Waals surface area contributed by atoms with Gasteiger partial charge < -0.3 is 4.74 Å². The molecule has 3 atom stereocenters. The molecule has 0 aliphatic heterocycles. The van der Waals surface area contributed by atoms with Gasteiger partial charge in [-0.25, -0.2) is 0 Å². The Balaban J connectivity index is 1.83. The van der Waals surface area contributed by atoms with E-state index in [1.54, 1.807) is 0 Å². The molecule has 0 bridgehead atoms. The lowest BCUT2D eigenvalue weighted by Gasteiger charge is -2.19. The molecule has 68 valence electrons. The largest absolute Gasteiger partial charge is 0.469 e. The number of carbonyl (C=O) groups is 1. The van der Waals surface area contributed by atoms with E-state index in [0.29, 0.717) is 12.3 Å². The normalized spacial score (nSPS) is 38.6. The summed E-state index contributed by atoms with van der Waals surface area (Å²) in [6.07, 6.45) is 6.01. The Morgan fingerprint density at radius 3 is 3.08 bits per heavy atom. The highest BCUT2D eigenvalue weighted by atomic mass is 16.5. The summed E-state index contributed by atoms with van der Waals surface area (Å²) in [4.78, 5) is 11.0. The van der Waals surface area contributed by atoms with E-state index in [-0.39, 0.29) is 5.97 Å². The lowest BCUT2D eigenvalue weighted by Crippen LogP contribution is -2.15. The van der Waals surface area contributed by atoms with Crippen LogP contribution < -0.4 is 0 Å². The van der Waals surface area contributed by atoms with Crippen molar-refractivity contribution in [1.29, 1.82) is 0 Å². The van der Waals surface area contributed by atoms with E-state index in [4.69, 9.17) is 0 Å². The van der Waals surface area contributed by atoms with Gasteiger partial charge in [0.05, 0.1) is 7.11 Å². The molecule has 0 aromatic carbocycles. The summed E-state index contributed by atoms with van der Waals surface area (Å²) in [6, 6.07) is 0. The van der Waals surface area contributed by atoms with Gasteiger partial charge in [-0.1, -0.05) is 12.8 Å². The second-order valence-electron chi connectivity index (χ2n) is 4.13. The molecule has 0 amide bonds. The summed E-state index contributed by atoms with van der Waals surface area (Å²) >= 11 is 0. The summed E-state index contributed by atoms with van der Waals surface area (Å²) in [6.45, 7) is 0. The van der Waals surface area contributed by atoms with E-state index in [1.807, 2.05) is 0 Å². The average molecular weight is 168 g/mol. The minimum absolute atomic E-state index is 0.0208. The second-order valence-corrected chi connectivity index (χ2v) is 4.13.